The highest BCUT2D eigenvalue weighted by molar-refractivity contribution is 7.89. The summed E-state index contributed by atoms with van der Waals surface area (Å²) >= 11 is 0. The van der Waals surface area contributed by atoms with Crippen molar-refractivity contribution in [1.82, 2.24) is 0 Å². The molecule has 0 aliphatic carbocycles. The van der Waals surface area contributed by atoms with Crippen molar-refractivity contribution in [2.45, 2.75) is 17.7 Å². The van der Waals surface area contributed by atoms with E-state index in [4.69, 9.17) is 14.6 Å². The SMILES string of the molecule is COc1ccc2cc(C(C)C(=O)Nc3cc(S(N)(=O)=O)ccc3OC)ccc2c1. The Bertz CT molecular complexity index is 1170. The van der Waals surface area contributed by atoms with Crippen LogP contribution >= 0.6 is 0 Å². The van der Waals surface area contributed by atoms with Crippen LogP contribution in [0.3, 0.4) is 0 Å². The number of benzene rings is 3. The van der Waals surface area contributed by atoms with Crippen LogP contribution in [0.1, 0.15) is 18.4 Å². The molecule has 1 atom stereocenters. The van der Waals surface area contributed by atoms with E-state index in [0.29, 0.717) is 5.75 Å². The summed E-state index contributed by atoms with van der Waals surface area (Å²) in [4.78, 5) is 12.7. The van der Waals surface area contributed by atoms with Gasteiger partial charge < -0.3 is 14.8 Å². The van der Waals surface area contributed by atoms with E-state index in [1.807, 2.05) is 36.4 Å². The number of ether oxygens (including phenoxy) is 2. The normalized spacial score (nSPS) is 12.4. The molecule has 0 heterocycles. The summed E-state index contributed by atoms with van der Waals surface area (Å²) < 4.78 is 33.7. The molecule has 0 bridgehead atoms. The number of hydrogen-bond acceptors (Lipinski definition) is 5. The maximum atomic E-state index is 12.8. The van der Waals surface area contributed by atoms with E-state index in [-0.39, 0.29) is 16.5 Å². The van der Waals surface area contributed by atoms with Crippen molar-refractivity contribution < 1.29 is 22.7 Å². The number of hydrogen-bond donors (Lipinski definition) is 2. The molecule has 3 aromatic carbocycles. The predicted octanol–water partition coefficient (Wildman–Crippen LogP) is 3.25. The number of fused-ring (bicyclic) bond motifs is 1. The number of primary sulfonamides is 1. The van der Waals surface area contributed by atoms with E-state index < -0.39 is 15.9 Å². The Labute approximate surface area is 169 Å². The summed E-state index contributed by atoms with van der Waals surface area (Å²) in [6.45, 7) is 1.77. The molecule has 1 unspecified atom stereocenters. The Morgan fingerprint density at radius 3 is 2.31 bits per heavy atom. The number of carbonyl (C=O) groups excluding carboxylic acids is 1. The van der Waals surface area contributed by atoms with Gasteiger partial charge in [0.05, 0.1) is 30.7 Å². The van der Waals surface area contributed by atoms with Crippen LogP contribution in [0.25, 0.3) is 10.8 Å². The molecule has 3 rings (SSSR count). The third-order valence-corrected chi connectivity index (χ3v) is 5.63. The van der Waals surface area contributed by atoms with Gasteiger partial charge in [-0.15, -0.1) is 0 Å². The van der Waals surface area contributed by atoms with Crippen molar-refractivity contribution in [1.29, 1.82) is 0 Å². The Balaban J connectivity index is 1.88. The van der Waals surface area contributed by atoms with Crippen molar-refractivity contribution in [2.24, 2.45) is 5.14 Å². The van der Waals surface area contributed by atoms with Crippen LogP contribution in [0.5, 0.6) is 11.5 Å². The molecule has 0 saturated carbocycles. The third kappa shape index (κ3) is 4.49. The van der Waals surface area contributed by atoms with Gasteiger partial charge >= 0.3 is 0 Å². The van der Waals surface area contributed by atoms with Crippen LogP contribution < -0.4 is 19.9 Å². The summed E-state index contributed by atoms with van der Waals surface area (Å²) in [6, 6.07) is 15.5. The van der Waals surface area contributed by atoms with Gasteiger partial charge in [-0.25, -0.2) is 13.6 Å². The molecule has 0 aromatic heterocycles. The lowest BCUT2D eigenvalue weighted by molar-refractivity contribution is -0.117. The molecule has 8 heteroatoms. The predicted molar refractivity (Wildman–Crippen MR) is 112 cm³/mol. The highest BCUT2D eigenvalue weighted by Crippen LogP contribution is 2.30. The summed E-state index contributed by atoms with van der Waals surface area (Å²) in [7, 11) is -0.860. The molecular formula is C21H22N2O5S. The highest BCUT2D eigenvalue weighted by Gasteiger charge is 2.19. The first-order chi connectivity index (χ1) is 13.7. The number of amides is 1. The molecule has 0 saturated heterocycles. The molecule has 29 heavy (non-hydrogen) atoms. The zero-order valence-corrected chi connectivity index (χ0v) is 17.1. The van der Waals surface area contributed by atoms with E-state index in [2.05, 4.69) is 5.32 Å². The molecule has 0 radical (unpaired) electrons. The first-order valence-electron chi connectivity index (χ1n) is 8.82. The van der Waals surface area contributed by atoms with Crippen molar-refractivity contribution in [3.8, 4) is 11.5 Å². The minimum atomic E-state index is -3.91. The quantitative estimate of drug-likeness (QED) is 0.644. The van der Waals surface area contributed by atoms with Crippen LogP contribution in [0.2, 0.25) is 0 Å². The minimum Gasteiger partial charge on any atom is -0.497 e. The van der Waals surface area contributed by atoms with E-state index in [1.54, 1.807) is 14.0 Å². The number of nitrogens with two attached hydrogens (primary N) is 1. The fourth-order valence-corrected chi connectivity index (χ4v) is 3.53. The Morgan fingerprint density at radius 1 is 0.966 bits per heavy atom. The lowest BCUT2D eigenvalue weighted by atomic mass is 9.97. The molecule has 3 N–H and O–H groups in total. The Kier molecular flexibility index (Phi) is 5.76. The summed E-state index contributed by atoms with van der Waals surface area (Å²) in [6.07, 6.45) is 0. The van der Waals surface area contributed by atoms with Crippen LogP contribution in [0.4, 0.5) is 5.69 Å². The molecule has 3 aromatic rings. The van der Waals surface area contributed by atoms with E-state index in [1.165, 1.54) is 25.3 Å². The molecule has 0 aliphatic rings. The molecular weight excluding hydrogens is 392 g/mol. The number of nitrogens with one attached hydrogen (secondary N) is 1. The lowest BCUT2D eigenvalue weighted by Gasteiger charge is -2.16. The van der Waals surface area contributed by atoms with Crippen molar-refractivity contribution in [2.75, 3.05) is 19.5 Å². The second-order valence-corrected chi connectivity index (χ2v) is 8.15. The zero-order valence-electron chi connectivity index (χ0n) is 16.3. The Hall–Kier alpha value is -3.10. The van der Waals surface area contributed by atoms with Crippen LogP contribution in [0, 0.1) is 0 Å². The fourth-order valence-electron chi connectivity index (χ4n) is 2.99. The van der Waals surface area contributed by atoms with Gasteiger partial charge in [0.15, 0.2) is 0 Å². The second kappa shape index (κ2) is 8.10. The third-order valence-electron chi connectivity index (χ3n) is 4.72. The van der Waals surface area contributed by atoms with Gasteiger partial charge in [0.1, 0.15) is 11.5 Å². The number of rotatable bonds is 6. The van der Waals surface area contributed by atoms with Gasteiger partial charge in [0.2, 0.25) is 15.9 Å². The topological polar surface area (TPSA) is 108 Å². The summed E-state index contributed by atoms with van der Waals surface area (Å²) in [5.41, 5.74) is 1.06. The minimum absolute atomic E-state index is 0.110. The number of methoxy groups -OCH3 is 2. The Morgan fingerprint density at radius 2 is 1.66 bits per heavy atom. The fraction of sp³-hybridized carbons (Fsp3) is 0.190. The van der Waals surface area contributed by atoms with Gasteiger partial charge in [-0.1, -0.05) is 24.3 Å². The van der Waals surface area contributed by atoms with E-state index in [0.717, 1.165) is 22.1 Å². The first-order valence-corrected chi connectivity index (χ1v) is 10.4. The van der Waals surface area contributed by atoms with Gasteiger partial charge in [-0.2, -0.15) is 0 Å². The van der Waals surface area contributed by atoms with Crippen molar-refractivity contribution >= 4 is 32.4 Å². The molecule has 7 nitrogen and oxygen atoms in total. The van der Waals surface area contributed by atoms with Crippen molar-refractivity contribution in [3.63, 3.8) is 0 Å². The molecule has 0 spiro atoms. The summed E-state index contributed by atoms with van der Waals surface area (Å²) in [5, 5.41) is 9.90. The van der Waals surface area contributed by atoms with E-state index >= 15 is 0 Å². The summed E-state index contributed by atoms with van der Waals surface area (Å²) in [5.74, 6) is 0.313. The number of carbonyl (C=O) groups is 1. The van der Waals surface area contributed by atoms with Gasteiger partial charge in [-0.3, -0.25) is 4.79 Å². The average Bonchev–Trinajstić information content (AvgIpc) is 2.71. The van der Waals surface area contributed by atoms with E-state index in [9.17, 15) is 13.2 Å². The van der Waals surface area contributed by atoms with Crippen LogP contribution in [0.15, 0.2) is 59.5 Å². The second-order valence-electron chi connectivity index (χ2n) is 6.59. The monoisotopic (exact) mass is 414 g/mol. The maximum Gasteiger partial charge on any atom is 0.238 e. The molecule has 0 fully saturated rings. The van der Waals surface area contributed by atoms with Gasteiger partial charge in [0, 0.05) is 0 Å². The van der Waals surface area contributed by atoms with Gasteiger partial charge in [0.25, 0.3) is 0 Å². The van der Waals surface area contributed by atoms with Crippen LogP contribution in [-0.2, 0) is 14.8 Å². The zero-order chi connectivity index (χ0) is 21.2. The number of sulfonamides is 1. The molecule has 1 amide bonds. The molecule has 152 valence electrons. The lowest BCUT2D eigenvalue weighted by Crippen LogP contribution is -2.20. The van der Waals surface area contributed by atoms with Crippen molar-refractivity contribution in [3.05, 3.63) is 60.2 Å². The highest BCUT2D eigenvalue weighted by atomic mass is 32.2. The first kappa shape index (κ1) is 20.6. The standard InChI is InChI=1S/C21H22N2O5S/c1-13(14-4-5-16-11-17(27-2)7-6-15(16)10-14)21(24)23-19-12-18(29(22,25)26)8-9-20(19)28-3/h4-13H,1-3H3,(H,23,24)(H2,22,25,26). The number of anilines is 1. The smallest absolute Gasteiger partial charge is 0.238 e. The largest absolute Gasteiger partial charge is 0.497 e. The van der Waals surface area contributed by atoms with Gasteiger partial charge in [-0.05, 0) is 53.6 Å². The van der Waals surface area contributed by atoms with Crippen LogP contribution in [-0.4, -0.2) is 28.5 Å². The average molecular weight is 414 g/mol. The molecule has 0 aliphatic heterocycles. The maximum absolute atomic E-state index is 12.8.